The molecule has 1 N–H and O–H groups in total. The third-order valence-electron chi connectivity index (χ3n) is 3.33. The third kappa shape index (κ3) is 3.74. The van der Waals surface area contributed by atoms with E-state index in [-0.39, 0.29) is 0 Å². The summed E-state index contributed by atoms with van der Waals surface area (Å²) in [6.07, 6.45) is 4.03. The summed E-state index contributed by atoms with van der Waals surface area (Å²) in [4.78, 5) is 0. The molecular weight excluding hydrogens is 210 g/mol. The van der Waals surface area contributed by atoms with E-state index in [4.69, 9.17) is 4.74 Å². The van der Waals surface area contributed by atoms with E-state index in [1.165, 1.54) is 30.4 Å². The van der Waals surface area contributed by atoms with Crippen molar-refractivity contribution < 1.29 is 4.74 Å². The van der Waals surface area contributed by atoms with Crippen molar-refractivity contribution >= 4 is 0 Å². The number of para-hydroxylation sites is 1. The molecule has 1 aromatic carbocycles. The monoisotopic (exact) mass is 233 g/mol. The molecular formula is C15H23NO. The smallest absolute Gasteiger partial charge is 0.126 e. The van der Waals surface area contributed by atoms with Crippen LogP contribution in [0.5, 0.6) is 5.75 Å². The van der Waals surface area contributed by atoms with E-state index in [1.807, 2.05) is 0 Å². The summed E-state index contributed by atoms with van der Waals surface area (Å²) >= 11 is 0. The van der Waals surface area contributed by atoms with Crippen LogP contribution in [0.3, 0.4) is 0 Å². The number of benzene rings is 1. The zero-order valence-electron chi connectivity index (χ0n) is 11.0. The van der Waals surface area contributed by atoms with Crippen molar-refractivity contribution in [3.63, 3.8) is 0 Å². The standard InChI is InChI=1S/C15H23NO/c1-3-16-11-14-6-4-5-12(2)15(14)17-10-9-13-7-8-13/h4-6,13,16H,3,7-11H2,1-2H3. The van der Waals surface area contributed by atoms with E-state index in [0.717, 1.165) is 31.4 Å². The Balaban J connectivity index is 1.95. The first kappa shape index (κ1) is 12.4. The summed E-state index contributed by atoms with van der Waals surface area (Å²) in [5.41, 5.74) is 2.53. The number of aryl methyl sites for hydroxylation is 1. The highest BCUT2D eigenvalue weighted by atomic mass is 16.5. The van der Waals surface area contributed by atoms with Crippen LogP contribution in [-0.4, -0.2) is 13.2 Å². The van der Waals surface area contributed by atoms with Gasteiger partial charge >= 0.3 is 0 Å². The Labute approximate surface area is 104 Å². The molecule has 0 spiro atoms. The minimum atomic E-state index is 0.870. The number of hydrogen-bond donors (Lipinski definition) is 1. The quantitative estimate of drug-likeness (QED) is 0.780. The van der Waals surface area contributed by atoms with Crippen LogP contribution >= 0.6 is 0 Å². The molecule has 1 aliphatic carbocycles. The van der Waals surface area contributed by atoms with Crippen LogP contribution in [0.4, 0.5) is 0 Å². The lowest BCUT2D eigenvalue weighted by atomic mass is 10.1. The largest absolute Gasteiger partial charge is 0.493 e. The van der Waals surface area contributed by atoms with Crippen molar-refractivity contribution in [2.75, 3.05) is 13.2 Å². The fraction of sp³-hybridized carbons (Fsp3) is 0.600. The Morgan fingerprint density at radius 2 is 2.18 bits per heavy atom. The Hall–Kier alpha value is -1.02. The van der Waals surface area contributed by atoms with Gasteiger partial charge in [-0.2, -0.15) is 0 Å². The van der Waals surface area contributed by atoms with Gasteiger partial charge in [0.15, 0.2) is 0 Å². The van der Waals surface area contributed by atoms with Crippen LogP contribution in [0.1, 0.15) is 37.3 Å². The normalized spacial score (nSPS) is 14.9. The summed E-state index contributed by atoms with van der Waals surface area (Å²) in [5.74, 6) is 2.03. The van der Waals surface area contributed by atoms with E-state index >= 15 is 0 Å². The van der Waals surface area contributed by atoms with Gasteiger partial charge in [-0.3, -0.25) is 0 Å². The molecule has 0 unspecified atom stereocenters. The molecule has 0 aromatic heterocycles. The maximum absolute atomic E-state index is 5.98. The Kier molecular flexibility index (Phi) is 4.43. The summed E-state index contributed by atoms with van der Waals surface area (Å²) in [6.45, 7) is 7.02. The minimum Gasteiger partial charge on any atom is -0.493 e. The number of rotatable bonds is 7. The Morgan fingerprint density at radius 1 is 1.35 bits per heavy atom. The molecule has 2 nitrogen and oxygen atoms in total. The van der Waals surface area contributed by atoms with Gasteiger partial charge in [0.05, 0.1) is 6.61 Å². The molecule has 1 fully saturated rings. The molecule has 0 amide bonds. The third-order valence-corrected chi connectivity index (χ3v) is 3.33. The average molecular weight is 233 g/mol. The predicted molar refractivity (Wildman–Crippen MR) is 71.4 cm³/mol. The lowest BCUT2D eigenvalue weighted by Gasteiger charge is -2.14. The number of hydrogen-bond acceptors (Lipinski definition) is 2. The van der Waals surface area contributed by atoms with Crippen LogP contribution < -0.4 is 10.1 Å². The fourth-order valence-electron chi connectivity index (χ4n) is 2.05. The van der Waals surface area contributed by atoms with E-state index in [0.29, 0.717) is 0 Å². The molecule has 1 aromatic rings. The second-order valence-corrected chi connectivity index (χ2v) is 4.92. The zero-order valence-corrected chi connectivity index (χ0v) is 11.0. The van der Waals surface area contributed by atoms with Crippen molar-refractivity contribution in [3.8, 4) is 5.75 Å². The zero-order chi connectivity index (χ0) is 12.1. The van der Waals surface area contributed by atoms with Crippen LogP contribution in [0.25, 0.3) is 0 Å². The summed E-state index contributed by atoms with van der Waals surface area (Å²) in [5, 5.41) is 3.36. The highest BCUT2D eigenvalue weighted by Gasteiger charge is 2.21. The van der Waals surface area contributed by atoms with Gasteiger partial charge in [0.25, 0.3) is 0 Å². The molecule has 94 valence electrons. The van der Waals surface area contributed by atoms with Crippen LogP contribution in [0.2, 0.25) is 0 Å². The molecule has 1 saturated carbocycles. The summed E-state index contributed by atoms with van der Waals surface area (Å²) in [7, 11) is 0. The van der Waals surface area contributed by atoms with Crippen molar-refractivity contribution in [2.45, 2.75) is 39.7 Å². The molecule has 0 atom stereocenters. The average Bonchev–Trinajstić information content (AvgIpc) is 3.13. The highest BCUT2D eigenvalue weighted by molar-refractivity contribution is 5.40. The molecule has 0 radical (unpaired) electrons. The molecule has 2 heteroatoms. The topological polar surface area (TPSA) is 21.3 Å². The molecule has 1 aliphatic rings. The van der Waals surface area contributed by atoms with E-state index < -0.39 is 0 Å². The molecule has 0 bridgehead atoms. The van der Waals surface area contributed by atoms with Crippen LogP contribution in [-0.2, 0) is 6.54 Å². The van der Waals surface area contributed by atoms with Crippen molar-refractivity contribution in [1.82, 2.24) is 5.32 Å². The van der Waals surface area contributed by atoms with Gasteiger partial charge in [0, 0.05) is 12.1 Å². The molecule has 0 heterocycles. The minimum absolute atomic E-state index is 0.870. The first-order valence-electron chi connectivity index (χ1n) is 6.73. The summed E-state index contributed by atoms with van der Waals surface area (Å²) < 4.78 is 5.98. The molecule has 2 rings (SSSR count). The van der Waals surface area contributed by atoms with E-state index in [1.54, 1.807) is 0 Å². The predicted octanol–water partition coefficient (Wildman–Crippen LogP) is 3.28. The van der Waals surface area contributed by atoms with Gasteiger partial charge in [-0.15, -0.1) is 0 Å². The van der Waals surface area contributed by atoms with Gasteiger partial charge in [0.1, 0.15) is 5.75 Å². The lowest BCUT2D eigenvalue weighted by molar-refractivity contribution is 0.297. The van der Waals surface area contributed by atoms with Crippen LogP contribution in [0.15, 0.2) is 18.2 Å². The second kappa shape index (κ2) is 6.06. The van der Waals surface area contributed by atoms with Gasteiger partial charge in [-0.25, -0.2) is 0 Å². The Morgan fingerprint density at radius 3 is 2.88 bits per heavy atom. The first-order valence-corrected chi connectivity index (χ1v) is 6.73. The second-order valence-electron chi connectivity index (χ2n) is 4.92. The van der Waals surface area contributed by atoms with Gasteiger partial charge < -0.3 is 10.1 Å². The first-order chi connectivity index (χ1) is 8.31. The number of nitrogens with one attached hydrogen (secondary N) is 1. The van der Waals surface area contributed by atoms with Crippen molar-refractivity contribution in [2.24, 2.45) is 5.92 Å². The lowest BCUT2D eigenvalue weighted by Crippen LogP contribution is -2.13. The summed E-state index contributed by atoms with van der Waals surface area (Å²) in [6, 6.07) is 6.39. The van der Waals surface area contributed by atoms with Gasteiger partial charge in [0.2, 0.25) is 0 Å². The van der Waals surface area contributed by atoms with Gasteiger partial charge in [-0.05, 0) is 31.4 Å². The highest BCUT2D eigenvalue weighted by Crippen LogP contribution is 2.33. The maximum atomic E-state index is 5.98. The number of ether oxygens (including phenoxy) is 1. The SMILES string of the molecule is CCNCc1cccc(C)c1OCCC1CC1. The maximum Gasteiger partial charge on any atom is 0.126 e. The van der Waals surface area contributed by atoms with Crippen molar-refractivity contribution in [3.05, 3.63) is 29.3 Å². The molecule has 0 aliphatic heterocycles. The molecule has 17 heavy (non-hydrogen) atoms. The van der Waals surface area contributed by atoms with Crippen molar-refractivity contribution in [1.29, 1.82) is 0 Å². The fourth-order valence-corrected chi connectivity index (χ4v) is 2.05. The van der Waals surface area contributed by atoms with E-state index in [9.17, 15) is 0 Å². The van der Waals surface area contributed by atoms with Crippen LogP contribution in [0, 0.1) is 12.8 Å². The van der Waals surface area contributed by atoms with Gasteiger partial charge in [-0.1, -0.05) is 38.0 Å². The molecule has 0 saturated heterocycles. The Bertz CT molecular complexity index is 358. The van der Waals surface area contributed by atoms with E-state index in [2.05, 4.69) is 37.4 Å².